The number of anilines is 1. The lowest BCUT2D eigenvalue weighted by molar-refractivity contribution is 0.254. The molecule has 2 N–H and O–H groups in total. The number of hydrogen-bond donors (Lipinski definition) is 1. The second-order valence-corrected chi connectivity index (χ2v) is 5.71. The van der Waals surface area contributed by atoms with Crippen LogP contribution in [-0.4, -0.2) is 29.5 Å². The number of nitrogen functional groups attached to an aromatic ring is 1. The van der Waals surface area contributed by atoms with E-state index in [0.717, 1.165) is 18.3 Å². The molecule has 1 unspecified atom stereocenters. The monoisotopic (exact) mass is 236 g/mol. The highest BCUT2D eigenvalue weighted by Crippen LogP contribution is 2.24. The van der Waals surface area contributed by atoms with E-state index in [-0.39, 0.29) is 0 Å². The molecule has 2 rings (SSSR count). The van der Waals surface area contributed by atoms with Crippen molar-refractivity contribution >= 4 is 17.4 Å². The third kappa shape index (κ3) is 2.53. The molecule has 1 atom stereocenters. The molecule has 1 aliphatic rings. The van der Waals surface area contributed by atoms with E-state index in [9.17, 15) is 0 Å². The molecule has 0 bridgehead atoms. The lowest BCUT2D eigenvalue weighted by Crippen LogP contribution is -2.31. The first-order valence-corrected chi connectivity index (χ1v) is 6.96. The average Bonchev–Trinajstić information content (AvgIpc) is 2.78. The molecule has 88 valence electrons. The number of nitrogens with zero attached hydrogens (tertiary/aromatic N) is 1. The van der Waals surface area contributed by atoms with E-state index in [1.165, 1.54) is 29.1 Å². The zero-order chi connectivity index (χ0) is 11.5. The predicted octanol–water partition coefficient (Wildman–Crippen LogP) is 2.51. The van der Waals surface area contributed by atoms with Crippen LogP contribution in [0.25, 0.3) is 0 Å². The molecule has 16 heavy (non-hydrogen) atoms. The van der Waals surface area contributed by atoms with Crippen molar-refractivity contribution in [2.75, 3.05) is 24.3 Å². The Bertz CT molecular complexity index is 359. The van der Waals surface area contributed by atoms with Gasteiger partial charge in [0.15, 0.2) is 0 Å². The lowest BCUT2D eigenvalue weighted by Gasteiger charge is -2.24. The first-order chi connectivity index (χ1) is 7.68. The molecule has 1 saturated heterocycles. The fraction of sp³-hybridized carbons (Fsp3) is 0.538. The molecular weight excluding hydrogens is 216 g/mol. The number of rotatable bonds is 3. The minimum absolute atomic E-state index is 0.742. The highest BCUT2D eigenvalue weighted by atomic mass is 32.2. The Morgan fingerprint density at radius 3 is 3.00 bits per heavy atom. The largest absolute Gasteiger partial charge is 0.399 e. The van der Waals surface area contributed by atoms with E-state index in [1.54, 1.807) is 0 Å². The third-order valence-corrected chi connectivity index (χ3v) is 4.58. The van der Waals surface area contributed by atoms with Crippen molar-refractivity contribution in [2.24, 2.45) is 0 Å². The highest BCUT2D eigenvalue weighted by molar-refractivity contribution is 7.99. The number of thioether (sulfide) groups is 1. The van der Waals surface area contributed by atoms with E-state index < -0.39 is 0 Å². The molecule has 0 aromatic heterocycles. The van der Waals surface area contributed by atoms with Crippen LogP contribution in [0.5, 0.6) is 0 Å². The van der Waals surface area contributed by atoms with Crippen LogP contribution >= 0.6 is 11.8 Å². The second kappa shape index (κ2) is 5.11. The summed E-state index contributed by atoms with van der Waals surface area (Å²) < 4.78 is 0. The summed E-state index contributed by atoms with van der Waals surface area (Å²) in [4.78, 5) is 2.46. The van der Waals surface area contributed by atoms with E-state index >= 15 is 0 Å². The van der Waals surface area contributed by atoms with Gasteiger partial charge in [0.2, 0.25) is 0 Å². The van der Waals surface area contributed by atoms with Gasteiger partial charge < -0.3 is 5.73 Å². The van der Waals surface area contributed by atoms with Crippen LogP contribution in [0, 0.1) is 6.92 Å². The van der Waals surface area contributed by atoms with Crippen molar-refractivity contribution < 1.29 is 0 Å². The van der Waals surface area contributed by atoms with E-state index in [0.29, 0.717) is 0 Å². The Kier molecular flexibility index (Phi) is 3.77. The van der Waals surface area contributed by atoms with Gasteiger partial charge in [0.05, 0.1) is 0 Å². The molecule has 0 aliphatic carbocycles. The number of nitrogens with two attached hydrogens (primary N) is 1. The zero-order valence-electron chi connectivity index (χ0n) is 10.1. The quantitative estimate of drug-likeness (QED) is 0.818. The second-order valence-electron chi connectivity index (χ2n) is 4.56. The number of hydrogen-bond acceptors (Lipinski definition) is 3. The minimum atomic E-state index is 0.742. The van der Waals surface area contributed by atoms with Gasteiger partial charge in [-0.2, -0.15) is 11.8 Å². The van der Waals surface area contributed by atoms with Crippen molar-refractivity contribution in [3.8, 4) is 0 Å². The van der Waals surface area contributed by atoms with Crippen LogP contribution in [0.2, 0.25) is 0 Å². The molecular formula is C13H20N2S. The van der Waals surface area contributed by atoms with Crippen LogP contribution in [0.3, 0.4) is 0 Å². The lowest BCUT2D eigenvalue weighted by atomic mass is 10.1. The fourth-order valence-electron chi connectivity index (χ4n) is 2.14. The molecule has 1 aromatic carbocycles. The minimum Gasteiger partial charge on any atom is -0.399 e. The van der Waals surface area contributed by atoms with Crippen LogP contribution in [0.15, 0.2) is 18.2 Å². The van der Waals surface area contributed by atoms with Gasteiger partial charge in [0.25, 0.3) is 0 Å². The number of benzene rings is 1. The molecule has 1 heterocycles. The summed E-state index contributed by atoms with van der Waals surface area (Å²) in [6.45, 7) is 3.13. The first-order valence-electron chi connectivity index (χ1n) is 5.80. The van der Waals surface area contributed by atoms with Gasteiger partial charge in [-0.15, -0.1) is 0 Å². The van der Waals surface area contributed by atoms with Crippen LogP contribution in [0.4, 0.5) is 5.69 Å². The summed E-state index contributed by atoms with van der Waals surface area (Å²) in [7, 11) is 2.22. The topological polar surface area (TPSA) is 29.3 Å². The van der Waals surface area contributed by atoms with Crippen molar-refractivity contribution in [2.45, 2.75) is 25.9 Å². The molecule has 3 heteroatoms. The van der Waals surface area contributed by atoms with Gasteiger partial charge in [-0.05, 0) is 43.3 Å². The fourth-order valence-corrected chi connectivity index (χ4v) is 3.44. The zero-order valence-corrected chi connectivity index (χ0v) is 10.9. The van der Waals surface area contributed by atoms with Crippen molar-refractivity contribution in [1.29, 1.82) is 0 Å². The summed E-state index contributed by atoms with van der Waals surface area (Å²) in [6, 6.07) is 6.95. The van der Waals surface area contributed by atoms with Crippen molar-refractivity contribution in [3.63, 3.8) is 0 Å². The third-order valence-electron chi connectivity index (χ3n) is 3.44. The van der Waals surface area contributed by atoms with Gasteiger partial charge in [0, 0.05) is 24.0 Å². The maximum absolute atomic E-state index is 5.93. The summed E-state index contributed by atoms with van der Waals surface area (Å²) in [6.07, 6.45) is 1.32. The van der Waals surface area contributed by atoms with E-state index in [2.05, 4.69) is 42.8 Å². The summed E-state index contributed by atoms with van der Waals surface area (Å²) >= 11 is 2.06. The SMILES string of the molecule is Cc1c(N)cccc1CN(C)C1CCSC1. The predicted molar refractivity (Wildman–Crippen MR) is 72.8 cm³/mol. The molecule has 1 aromatic rings. The molecule has 1 fully saturated rings. The van der Waals surface area contributed by atoms with E-state index in [1.807, 2.05) is 6.07 Å². The van der Waals surface area contributed by atoms with E-state index in [4.69, 9.17) is 5.73 Å². The summed E-state index contributed by atoms with van der Waals surface area (Å²) in [5.41, 5.74) is 9.43. The Balaban J connectivity index is 2.05. The smallest absolute Gasteiger partial charge is 0.0346 e. The normalized spacial score (nSPS) is 20.6. The Morgan fingerprint density at radius 1 is 1.50 bits per heavy atom. The van der Waals surface area contributed by atoms with Gasteiger partial charge >= 0.3 is 0 Å². The van der Waals surface area contributed by atoms with Crippen LogP contribution in [0.1, 0.15) is 17.5 Å². The molecule has 2 nitrogen and oxygen atoms in total. The first kappa shape index (κ1) is 11.8. The van der Waals surface area contributed by atoms with Gasteiger partial charge in [-0.1, -0.05) is 12.1 Å². The van der Waals surface area contributed by atoms with Gasteiger partial charge in [0.1, 0.15) is 0 Å². The van der Waals surface area contributed by atoms with Crippen LogP contribution in [-0.2, 0) is 6.54 Å². The Labute approximate surface area is 102 Å². The Morgan fingerprint density at radius 2 is 2.31 bits per heavy atom. The molecule has 1 aliphatic heterocycles. The van der Waals surface area contributed by atoms with Gasteiger partial charge in [-0.3, -0.25) is 4.90 Å². The van der Waals surface area contributed by atoms with Crippen molar-refractivity contribution in [3.05, 3.63) is 29.3 Å². The van der Waals surface area contributed by atoms with Gasteiger partial charge in [-0.25, -0.2) is 0 Å². The van der Waals surface area contributed by atoms with Crippen LogP contribution < -0.4 is 5.73 Å². The van der Waals surface area contributed by atoms with Crippen molar-refractivity contribution in [1.82, 2.24) is 4.90 Å². The maximum Gasteiger partial charge on any atom is 0.0346 e. The molecule has 0 amide bonds. The standard InChI is InChI=1S/C13H20N2S/c1-10-11(4-3-5-13(10)14)8-15(2)12-6-7-16-9-12/h3-5,12H,6-9,14H2,1-2H3. The maximum atomic E-state index is 5.93. The molecule has 0 radical (unpaired) electrons. The molecule has 0 saturated carbocycles. The summed E-state index contributed by atoms with van der Waals surface area (Å²) in [5, 5.41) is 0. The Hall–Kier alpha value is -0.670. The average molecular weight is 236 g/mol. The highest BCUT2D eigenvalue weighted by Gasteiger charge is 2.20. The summed E-state index contributed by atoms with van der Waals surface area (Å²) in [5.74, 6) is 2.59. The molecule has 0 spiro atoms.